The minimum Gasteiger partial charge on any atom is -0.344 e. The van der Waals surface area contributed by atoms with Crippen LogP contribution in [0.5, 0.6) is 0 Å². The third kappa shape index (κ3) is 7.53. The minimum absolute atomic E-state index is 0.0950. The summed E-state index contributed by atoms with van der Waals surface area (Å²) in [4.78, 5) is 36.5. The van der Waals surface area contributed by atoms with Crippen LogP contribution in [0.15, 0.2) is 54.6 Å². The molecule has 0 aliphatic rings. The fraction of sp³-hybridized carbons (Fsp3) is 0.375. The smallest absolute Gasteiger partial charge is 0.243 e. The van der Waals surface area contributed by atoms with Crippen molar-refractivity contribution in [1.29, 1.82) is 0 Å². The van der Waals surface area contributed by atoms with Gasteiger partial charge in [0.15, 0.2) is 0 Å². The molecule has 0 radical (unpaired) electrons. The summed E-state index contributed by atoms with van der Waals surface area (Å²) in [6, 6.07) is 16.3. The van der Waals surface area contributed by atoms with Crippen molar-refractivity contribution in [3.8, 4) is 0 Å². The number of benzene rings is 2. The van der Waals surface area contributed by atoms with E-state index in [0.717, 1.165) is 17.4 Å². The molecule has 2 unspecified atom stereocenters. The summed E-state index contributed by atoms with van der Waals surface area (Å²) in [6.07, 6.45) is 2.08. The van der Waals surface area contributed by atoms with E-state index < -0.39 is 12.1 Å². The van der Waals surface area contributed by atoms with Gasteiger partial charge in [0.05, 0.1) is 6.04 Å². The molecule has 0 heterocycles. The number of hydrogen-bond donors (Lipinski definition) is 2. The minimum atomic E-state index is -0.682. The zero-order chi connectivity index (χ0) is 21.2. The quantitative estimate of drug-likeness (QED) is 0.608. The second-order valence-corrected chi connectivity index (χ2v) is 7.72. The Morgan fingerprint density at radius 2 is 1.59 bits per heavy atom. The fourth-order valence-corrected chi connectivity index (χ4v) is 3.07. The van der Waals surface area contributed by atoms with Crippen LogP contribution >= 0.6 is 0 Å². The van der Waals surface area contributed by atoms with E-state index in [9.17, 15) is 14.4 Å². The second kappa shape index (κ2) is 11.1. The Bertz CT molecular complexity index is 801. The van der Waals surface area contributed by atoms with Gasteiger partial charge in [-0.3, -0.25) is 9.59 Å². The van der Waals surface area contributed by atoms with E-state index >= 15 is 0 Å². The Labute approximate surface area is 172 Å². The van der Waals surface area contributed by atoms with Gasteiger partial charge in [0.25, 0.3) is 0 Å². The Balaban J connectivity index is 1.90. The van der Waals surface area contributed by atoms with Crippen LogP contribution < -0.4 is 10.6 Å². The van der Waals surface area contributed by atoms with Gasteiger partial charge in [-0.2, -0.15) is 0 Å². The van der Waals surface area contributed by atoms with Gasteiger partial charge in [-0.15, -0.1) is 0 Å². The van der Waals surface area contributed by atoms with Crippen LogP contribution in [0.1, 0.15) is 37.0 Å². The SMILES string of the molecule is Cc1ccc(CCC(=O)NC(C(=O)NC(C=O)Cc2ccccc2)C(C)C)cc1. The van der Waals surface area contributed by atoms with E-state index in [1.54, 1.807) is 0 Å². The zero-order valence-electron chi connectivity index (χ0n) is 17.4. The van der Waals surface area contributed by atoms with Crippen molar-refractivity contribution in [2.45, 2.75) is 52.1 Å². The van der Waals surface area contributed by atoms with Crippen molar-refractivity contribution in [1.82, 2.24) is 10.6 Å². The third-order valence-electron chi connectivity index (χ3n) is 4.82. The molecule has 2 aromatic rings. The summed E-state index contributed by atoms with van der Waals surface area (Å²) in [7, 11) is 0. The molecule has 0 fully saturated rings. The van der Waals surface area contributed by atoms with Crippen molar-refractivity contribution in [2.75, 3.05) is 0 Å². The molecule has 2 N–H and O–H groups in total. The maximum atomic E-state index is 12.7. The summed E-state index contributed by atoms with van der Waals surface area (Å²) < 4.78 is 0. The van der Waals surface area contributed by atoms with Gasteiger partial charge < -0.3 is 15.4 Å². The Morgan fingerprint density at radius 3 is 2.17 bits per heavy atom. The van der Waals surface area contributed by atoms with Gasteiger partial charge in [-0.25, -0.2) is 0 Å². The number of rotatable bonds is 10. The highest BCUT2D eigenvalue weighted by Crippen LogP contribution is 2.08. The molecule has 5 heteroatoms. The molecule has 2 aromatic carbocycles. The Kier molecular flexibility index (Phi) is 8.59. The largest absolute Gasteiger partial charge is 0.344 e. The first kappa shape index (κ1) is 22.3. The maximum absolute atomic E-state index is 12.7. The van der Waals surface area contributed by atoms with E-state index in [2.05, 4.69) is 10.6 Å². The summed E-state index contributed by atoms with van der Waals surface area (Å²) in [5, 5.41) is 5.58. The van der Waals surface area contributed by atoms with Crippen molar-refractivity contribution in [3.05, 3.63) is 71.3 Å². The number of amides is 2. The molecule has 0 bridgehead atoms. The molecular formula is C24H30N2O3. The van der Waals surface area contributed by atoms with Gasteiger partial charge >= 0.3 is 0 Å². The van der Waals surface area contributed by atoms with Crippen molar-refractivity contribution in [2.24, 2.45) is 5.92 Å². The van der Waals surface area contributed by atoms with Crippen LogP contribution in [-0.2, 0) is 27.2 Å². The van der Waals surface area contributed by atoms with Crippen LogP contribution in [0.3, 0.4) is 0 Å². The summed E-state index contributed by atoms with van der Waals surface area (Å²) in [6.45, 7) is 5.77. The lowest BCUT2D eigenvalue weighted by Gasteiger charge is -2.23. The maximum Gasteiger partial charge on any atom is 0.243 e. The summed E-state index contributed by atoms with van der Waals surface area (Å²) >= 11 is 0. The molecule has 2 amide bonds. The molecule has 5 nitrogen and oxygen atoms in total. The zero-order valence-corrected chi connectivity index (χ0v) is 17.4. The topological polar surface area (TPSA) is 75.3 Å². The predicted octanol–water partition coefficient (Wildman–Crippen LogP) is 2.99. The van der Waals surface area contributed by atoms with E-state index in [1.807, 2.05) is 75.4 Å². The van der Waals surface area contributed by atoms with Gasteiger partial charge in [-0.05, 0) is 36.8 Å². The monoisotopic (exact) mass is 394 g/mol. The normalized spacial score (nSPS) is 12.8. The molecule has 2 rings (SSSR count). The van der Waals surface area contributed by atoms with Gasteiger partial charge in [0.1, 0.15) is 12.3 Å². The lowest BCUT2D eigenvalue weighted by Crippen LogP contribution is -2.52. The Morgan fingerprint density at radius 1 is 0.931 bits per heavy atom. The number of carbonyl (C=O) groups excluding carboxylic acids is 3. The average molecular weight is 395 g/mol. The summed E-state index contributed by atoms with van der Waals surface area (Å²) in [5.41, 5.74) is 3.23. The predicted molar refractivity (Wildman–Crippen MR) is 114 cm³/mol. The van der Waals surface area contributed by atoms with Crippen LogP contribution in [0.2, 0.25) is 0 Å². The number of aryl methyl sites for hydroxylation is 2. The standard InChI is InChI=1S/C24H30N2O3/c1-17(2)23(26-22(28)14-13-19-11-9-18(3)10-12-19)24(29)25-21(16-27)15-20-7-5-4-6-8-20/h4-12,16-17,21,23H,13-15H2,1-3H3,(H,25,29)(H,26,28). The number of carbonyl (C=O) groups is 3. The first-order chi connectivity index (χ1) is 13.9. The van der Waals surface area contributed by atoms with Crippen molar-refractivity contribution >= 4 is 18.1 Å². The Hall–Kier alpha value is -2.95. The van der Waals surface area contributed by atoms with Gasteiger partial charge in [-0.1, -0.05) is 74.0 Å². The highest BCUT2D eigenvalue weighted by atomic mass is 16.2. The number of nitrogens with one attached hydrogen (secondary N) is 2. The van der Waals surface area contributed by atoms with Crippen LogP contribution in [-0.4, -0.2) is 30.2 Å². The highest BCUT2D eigenvalue weighted by Gasteiger charge is 2.26. The molecule has 154 valence electrons. The first-order valence-corrected chi connectivity index (χ1v) is 10.0. The van der Waals surface area contributed by atoms with E-state index in [-0.39, 0.29) is 17.7 Å². The molecule has 29 heavy (non-hydrogen) atoms. The molecular weight excluding hydrogens is 364 g/mol. The van der Waals surface area contributed by atoms with Crippen molar-refractivity contribution in [3.63, 3.8) is 0 Å². The molecule has 0 aliphatic carbocycles. The molecule has 0 aromatic heterocycles. The second-order valence-electron chi connectivity index (χ2n) is 7.72. The average Bonchev–Trinajstić information content (AvgIpc) is 2.71. The van der Waals surface area contributed by atoms with Crippen LogP contribution in [0, 0.1) is 12.8 Å². The fourth-order valence-electron chi connectivity index (χ4n) is 3.07. The lowest BCUT2D eigenvalue weighted by atomic mass is 10.0. The third-order valence-corrected chi connectivity index (χ3v) is 4.82. The van der Waals surface area contributed by atoms with Crippen LogP contribution in [0.4, 0.5) is 0 Å². The van der Waals surface area contributed by atoms with E-state index in [4.69, 9.17) is 0 Å². The summed E-state index contributed by atoms with van der Waals surface area (Å²) in [5.74, 6) is -0.607. The molecule has 0 saturated carbocycles. The molecule has 0 spiro atoms. The number of hydrogen-bond acceptors (Lipinski definition) is 3. The van der Waals surface area contributed by atoms with Gasteiger partial charge in [0, 0.05) is 6.42 Å². The van der Waals surface area contributed by atoms with E-state index in [1.165, 1.54) is 5.56 Å². The van der Waals surface area contributed by atoms with Crippen molar-refractivity contribution < 1.29 is 14.4 Å². The number of aldehydes is 1. The first-order valence-electron chi connectivity index (χ1n) is 10.0. The molecule has 0 saturated heterocycles. The van der Waals surface area contributed by atoms with Gasteiger partial charge in [0.2, 0.25) is 11.8 Å². The van der Waals surface area contributed by atoms with Crippen LogP contribution in [0.25, 0.3) is 0 Å². The molecule has 0 aliphatic heterocycles. The molecule has 2 atom stereocenters. The van der Waals surface area contributed by atoms with E-state index in [0.29, 0.717) is 19.3 Å². The highest BCUT2D eigenvalue weighted by molar-refractivity contribution is 5.89. The lowest BCUT2D eigenvalue weighted by molar-refractivity contribution is -0.131.